The van der Waals surface area contributed by atoms with Crippen molar-refractivity contribution in [2.75, 3.05) is 0 Å². The van der Waals surface area contributed by atoms with Gasteiger partial charge in [0.2, 0.25) is 0 Å². The quantitative estimate of drug-likeness (QED) is 0.252. The van der Waals surface area contributed by atoms with Crippen molar-refractivity contribution in [1.29, 1.82) is 0 Å². The highest BCUT2D eigenvalue weighted by molar-refractivity contribution is 6.09. The largest absolute Gasteiger partial charge is 0.309 e. The van der Waals surface area contributed by atoms with E-state index in [-0.39, 0.29) is 0 Å². The number of para-hydroxylation sites is 3. The van der Waals surface area contributed by atoms with Gasteiger partial charge in [0.1, 0.15) is 0 Å². The third-order valence-corrected chi connectivity index (χ3v) is 6.23. The van der Waals surface area contributed by atoms with Gasteiger partial charge in [-0.15, -0.1) is 0 Å². The van der Waals surface area contributed by atoms with Gasteiger partial charge in [-0.05, 0) is 46.5 Å². The minimum atomic E-state index is 1.18. The number of rotatable bonds is 4. The van der Waals surface area contributed by atoms with Crippen LogP contribution in [-0.4, -0.2) is 4.57 Å². The molecule has 1 heterocycles. The van der Waals surface area contributed by atoms with Gasteiger partial charge in [-0.3, -0.25) is 0 Å². The first-order valence-electron chi connectivity index (χ1n) is 11.3. The van der Waals surface area contributed by atoms with Crippen molar-refractivity contribution in [2.45, 2.75) is 0 Å². The molecule has 0 aliphatic rings. The number of aromatic nitrogens is 1. The summed E-state index contributed by atoms with van der Waals surface area (Å²) in [5.41, 5.74) is 8.44. The van der Waals surface area contributed by atoms with E-state index >= 15 is 0 Å². The average Bonchev–Trinajstić information content (AvgIpc) is 3.23. The van der Waals surface area contributed by atoms with Gasteiger partial charge >= 0.3 is 0 Å². The molecule has 1 nitrogen and oxygen atoms in total. The number of hydrogen-bond acceptors (Lipinski definition) is 0. The Balaban J connectivity index is 1.64. The van der Waals surface area contributed by atoms with Gasteiger partial charge < -0.3 is 4.57 Å². The monoisotopic (exact) mass is 421 g/mol. The summed E-state index contributed by atoms with van der Waals surface area (Å²) in [4.78, 5) is 0. The predicted octanol–water partition coefficient (Wildman–Crippen LogP) is 8.37. The molecule has 1 aromatic heterocycles. The molecule has 5 aromatic carbocycles. The fourth-order valence-electron chi connectivity index (χ4n) is 4.72. The maximum Gasteiger partial charge on any atom is 0.0541 e. The molecule has 0 unspecified atom stereocenters. The van der Waals surface area contributed by atoms with Gasteiger partial charge in [0.15, 0.2) is 0 Å². The molecule has 0 atom stereocenters. The second-order valence-electron chi connectivity index (χ2n) is 8.22. The highest BCUT2D eigenvalue weighted by Crippen LogP contribution is 2.34. The summed E-state index contributed by atoms with van der Waals surface area (Å²) >= 11 is 0. The SMILES string of the molecule is C(=C(c1ccccc1)c1ccccc1)c1ccccc1-n1c2ccccc2c2ccccc21. The Bertz CT molecular complexity index is 1490. The number of benzene rings is 5. The molecular formula is C32H23N. The molecule has 0 N–H and O–H groups in total. The van der Waals surface area contributed by atoms with Crippen molar-refractivity contribution >= 4 is 33.5 Å². The van der Waals surface area contributed by atoms with Gasteiger partial charge in [-0.25, -0.2) is 0 Å². The normalized spacial score (nSPS) is 11.0. The smallest absolute Gasteiger partial charge is 0.0541 e. The molecule has 0 radical (unpaired) electrons. The van der Waals surface area contributed by atoms with E-state index in [1.165, 1.54) is 49.8 Å². The van der Waals surface area contributed by atoms with Crippen LogP contribution in [0.4, 0.5) is 0 Å². The Morgan fingerprint density at radius 3 is 1.48 bits per heavy atom. The first kappa shape index (κ1) is 19.3. The highest BCUT2D eigenvalue weighted by Gasteiger charge is 2.14. The van der Waals surface area contributed by atoms with E-state index in [0.29, 0.717) is 0 Å². The Morgan fingerprint density at radius 2 is 0.909 bits per heavy atom. The van der Waals surface area contributed by atoms with Crippen LogP contribution in [0.3, 0.4) is 0 Å². The lowest BCUT2D eigenvalue weighted by atomic mass is 9.95. The lowest BCUT2D eigenvalue weighted by Gasteiger charge is -2.14. The van der Waals surface area contributed by atoms with Crippen molar-refractivity contribution in [3.8, 4) is 5.69 Å². The van der Waals surface area contributed by atoms with Crippen molar-refractivity contribution in [1.82, 2.24) is 4.57 Å². The lowest BCUT2D eigenvalue weighted by molar-refractivity contribution is 1.17. The molecule has 0 fully saturated rings. The Morgan fingerprint density at radius 1 is 0.455 bits per heavy atom. The van der Waals surface area contributed by atoms with Crippen LogP contribution in [0.15, 0.2) is 133 Å². The van der Waals surface area contributed by atoms with Crippen LogP contribution in [0.25, 0.3) is 39.1 Å². The topological polar surface area (TPSA) is 4.93 Å². The molecule has 0 aliphatic heterocycles. The van der Waals surface area contributed by atoms with E-state index in [9.17, 15) is 0 Å². The lowest BCUT2D eigenvalue weighted by Crippen LogP contribution is -1.97. The average molecular weight is 422 g/mol. The zero-order chi connectivity index (χ0) is 22.0. The van der Waals surface area contributed by atoms with Crippen molar-refractivity contribution < 1.29 is 0 Å². The fourth-order valence-corrected chi connectivity index (χ4v) is 4.72. The summed E-state index contributed by atoms with van der Waals surface area (Å²) in [6.07, 6.45) is 2.32. The maximum atomic E-state index is 2.39. The summed E-state index contributed by atoms with van der Waals surface area (Å²) in [6, 6.07) is 47.3. The van der Waals surface area contributed by atoms with Crippen LogP contribution in [0.1, 0.15) is 16.7 Å². The summed E-state index contributed by atoms with van der Waals surface area (Å²) in [6.45, 7) is 0. The molecule has 6 rings (SSSR count). The summed E-state index contributed by atoms with van der Waals surface area (Å²) in [7, 11) is 0. The van der Waals surface area contributed by atoms with E-state index < -0.39 is 0 Å². The molecule has 6 aromatic rings. The standard InChI is InChI=1S/C32H23N/c1-3-13-24(14-4-1)29(25-15-5-2-6-16-25)23-26-17-7-10-20-30(26)33-31-21-11-8-18-27(31)28-19-9-12-22-32(28)33/h1-23H. The third-order valence-electron chi connectivity index (χ3n) is 6.23. The van der Waals surface area contributed by atoms with Gasteiger partial charge in [0, 0.05) is 10.8 Å². The minimum Gasteiger partial charge on any atom is -0.309 e. The molecule has 0 saturated heterocycles. The van der Waals surface area contributed by atoms with Gasteiger partial charge in [0.05, 0.1) is 16.7 Å². The predicted molar refractivity (Wildman–Crippen MR) is 141 cm³/mol. The Kier molecular flexibility index (Phi) is 4.86. The van der Waals surface area contributed by atoms with Crippen LogP contribution >= 0.6 is 0 Å². The number of nitrogens with zero attached hydrogens (tertiary/aromatic N) is 1. The van der Waals surface area contributed by atoms with E-state index in [0.717, 1.165) is 0 Å². The zero-order valence-corrected chi connectivity index (χ0v) is 18.2. The zero-order valence-electron chi connectivity index (χ0n) is 18.2. The van der Waals surface area contributed by atoms with Crippen LogP contribution in [0.2, 0.25) is 0 Å². The van der Waals surface area contributed by atoms with Gasteiger partial charge in [0.25, 0.3) is 0 Å². The van der Waals surface area contributed by atoms with E-state index in [1.54, 1.807) is 0 Å². The minimum absolute atomic E-state index is 1.18. The molecule has 0 aliphatic carbocycles. The van der Waals surface area contributed by atoms with E-state index in [1.807, 2.05) is 0 Å². The Labute approximate surface area is 193 Å². The Hall–Kier alpha value is -4.36. The highest BCUT2D eigenvalue weighted by atomic mass is 15.0. The fraction of sp³-hybridized carbons (Fsp3) is 0. The number of fused-ring (bicyclic) bond motifs is 3. The van der Waals surface area contributed by atoms with Crippen LogP contribution in [0.5, 0.6) is 0 Å². The third kappa shape index (κ3) is 3.44. The molecule has 1 heteroatoms. The van der Waals surface area contributed by atoms with Gasteiger partial charge in [-0.2, -0.15) is 0 Å². The molecule has 156 valence electrons. The van der Waals surface area contributed by atoms with Crippen LogP contribution in [0, 0.1) is 0 Å². The van der Waals surface area contributed by atoms with E-state index in [4.69, 9.17) is 0 Å². The van der Waals surface area contributed by atoms with Crippen molar-refractivity contribution in [3.63, 3.8) is 0 Å². The second-order valence-corrected chi connectivity index (χ2v) is 8.22. The summed E-state index contributed by atoms with van der Waals surface area (Å²) < 4.78 is 2.39. The first-order chi connectivity index (χ1) is 16.4. The maximum absolute atomic E-state index is 2.39. The molecular weight excluding hydrogens is 398 g/mol. The number of hydrogen-bond donors (Lipinski definition) is 0. The molecule has 0 saturated carbocycles. The van der Waals surface area contributed by atoms with Crippen molar-refractivity contribution in [2.24, 2.45) is 0 Å². The first-order valence-corrected chi connectivity index (χ1v) is 11.3. The molecule has 0 spiro atoms. The summed E-state index contributed by atoms with van der Waals surface area (Å²) in [5, 5.41) is 2.55. The van der Waals surface area contributed by atoms with E-state index in [2.05, 4.69) is 144 Å². The van der Waals surface area contributed by atoms with Gasteiger partial charge in [-0.1, -0.05) is 115 Å². The van der Waals surface area contributed by atoms with Crippen LogP contribution in [-0.2, 0) is 0 Å². The second kappa shape index (κ2) is 8.29. The van der Waals surface area contributed by atoms with Crippen LogP contribution < -0.4 is 0 Å². The van der Waals surface area contributed by atoms with Crippen molar-refractivity contribution in [3.05, 3.63) is 150 Å². The molecule has 33 heavy (non-hydrogen) atoms. The summed E-state index contributed by atoms with van der Waals surface area (Å²) in [5.74, 6) is 0. The molecule has 0 bridgehead atoms. The molecule has 0 amide bonds.